The van der Waals surface area contributed by atoms with Crippen LogP contribution in [0, 0.1) is 5.92 Å². The number of para-hydroxylation sites is 1. The van der Waals surface area contributed by atoms with Gasteiger partial charge in [0.25, 0.3) is 0 Å². The number of nitrogens with one attached hydrogen (secondary N) is 1. The summed E-state index contributed by atoms with van der Waals surface area (Å²) in [5, 5.41) is 15.1. The van der Waals surface area contributed by atoms with Gasteiger partial charge in [-0.05, 0) is 25.5 Å². The number of pyridine rings is 1. The van der Waals surface area contributed by atoms with Gasteiger partial charge in [-0.3, -0.25) is 4.98 Å². The molecule has 2 aromatic rings. The minimum atomic E-state index is -0.914. The molecule has 0 saturated carbocycles. The zero-order chi connectivity index (χ0) is 13.9. The number of fused-ring (bicyclic) bond motifs is 1. The van der Waals surface area contributed by atoms with E-state index >= 15 is 0 Å². The second kappa shape index (κ2) is 5.68. The van der Waals surface area contributed by atoms with Crippen molar-refractivity contribution >= 4 is 10.9 Å². The van der Waals surface area contributed by atoms with Gasteiger partial charge in [-0.25, -0.2) is 0 Å². The highest BCUT2D eigenvalue weighted by atomic mass is 16.3. The molecule has 2 rings (SSSR count). The maximum absolute atomic E-state index is 10.7. The van der Waals surface area contributed by atoms with Crippen LogP contribution in [0.2, 0.25) is 0 Å². The van der Waals surface area contributed by atoms with Crippen LogP contribution in [-0.4, -0.2) is 23.2 Å². The van der Waals surface area contributed by atoms with Gasteiger partial charge in [0.2, 0.25) is 0 Å². The number of hydrogen-bond acceptors (Lipinski definition) is 3. The van der Waals surface area contributed by atoms with E-state index in [9.17, 15) is 5.11 Å². The molecule has 1 heterocycles. The molecule has 102 valence electrons. The summed E-state index contributed by atoms with van der Waals surface area (Å²) < 4.78 is 0. The minimum absolute atomic E-state index is 0.529. The normalized spacial score (nSPS) is 14.8. The number of nitrogens with zero attached hydrogens (tertiary/aromatic N) is 1. The second-order valence-corrected chi connectivity index (χ2v) is 5.68. The van der Waals surface area contributed by atoms with Crippen LogP contribution in [0.15, 0.2) is 36.5 Å². The Bertz CT molecular complexity index is 544. The zero-order valence-electron chi connectivity index (χ0n) is 11.9. The van der Waals surface area contributed by atoms with Crippen LogP contribution in [0.25, 0.3) is 10.9 Å². The third kappa shape index (κ3) is 3.31. The molecule has 0 amide bonds. The number of rotatable bonds is 5. The van der Waals surface area contributed by atoms with Crippen LogP contribution in [0.5, 0.6) is 0 Å². The standard InChI is InChI=1S/C16H22N2O/c1-12(2)10-17-11-16(3,19)14-8-4-6-13-7-5-9-18-15(13)14/h4-9,12,17,19H,10-11H2,1-3H3. The number of hydrogen-bond donors (Lipinski definition) is 2. The van der Waals surface area contributed by atoms with Crippen molar-refractivity contribution in [3.63, 3.8) is 0 Å². The van der Waals surface area contributed by atoms with Gasteiger partial charge in [-0.15, -0.1) is 0 Å². The Hall–Kier alpha value is -1.45. The van der Waals surface area contributed by atoms with E-state index in [1.165, 1.54) is 0 Å². The van der Waals surface area contributed by atoms with Crippen LogP contribution >= 0.6 is 0 Å². The minimum Gasteiger partial charge on any atom is -0.384 e. The molecule has 19 heavy (non-hydrogen) atoms. The highest BCUT2D eigenvalue weighted by Crippen LogP contribution is 2.26. The fraction of sp³-hybridized carbons (Fsp3) is 0.438. The fourth-order valence-corrected chi connectivity index (χ4v) is 2.24. The molecule has 0 fully saturated rings. The summed E-state index contributed by atoms with van der Waals surface area (Å²) in [6.45, 7) is 7.57. The predicted octanol–water partition coefficient (Wildman–Crippen LogP) is 2.69. The van der Waals surface area contributed by atoms with Crippen LogP contribution < -0.4 is 5.32 Å². The third-order valence-electron chi connectivity index (χ3n) is 3.23. The molecule has 0 bridgehead atoms. The average molecular weight is 258 g/mol. The lowest BCUT2D eigenvalue weighted by Crippen LogP contribution is -2.37. The van der Waals surface area contributed by atoms with Crippen molar-refractivity contribution in [1.82, 2.24) is 10.3 Å². The second-order valence-electron chi connectivity index (χ2n) is 5.68. The molecule has 3 heteroatoms. The summed E-state index contributed by atoms with van der Waals surface area (Å²) in [5.41, 5.74) is 0.839. The maximum atomic E-state index is 10.7. The summed E-state index contributed by atoms with van der Waals surface area (Å²) in [6, 6.07) is 9.87. The first-order valence-corrected chi connectivity index (χ1v) is 6.78. The first kappa shape index (κ1) is 14.0. The van der Waals surface area contributed by atoms with E-state index in [1.807, 2.05) is 37.3 Å². The topological polar surface area (TPSA) is 45.1 Å². The van der Waals surface area contributed by atoms with E-state index in [-0.39, 0.29) is 0 Å². The van der Waals surface area contributed by atoms with Crippen molar-refractivity contribution in [2.75, 3.05) is 13.1 Å². The van der Waals surface area contributed by atoms with Crippen molar-refractivity contribution in [3.8, 4) is 0 Å². The molecule has 0 radical (unpaired) electrons. The molecular formula is C16H22N2O. The summed E-state index contributed by atoms with van der Waals surface area (Å²) in [4.78, 5) is 4.40. The Morgan fingerprint density at radius 1 is 1.26 bits per heavy atom. The molecule has 0 spiro atoms. The molecule has 1 aromatic heterocycles. The highest BCUT2D eigenvalue weighted by Gasteiger charge is 2.25. The van der Waals surface area contributed by atoms with Crippen molar-refractivity contribution in [1.29, 1.82) is 0 Å². The van der Waals surface area contributed by atoms with E-state index in [4.69, 9.17) is 0 Å². The fourth-order valence-electron chi connectivity index (χ4n) is 2.24. The van der Waals surface area contributed by atoms with Crippen LogP contribution in [0.3, 0.4) is 0 Å². The largest absolute Gasteiger partial charge is 0.384 e. The molecule has 3 nitrogen and oxygen atoms in total. The van der Waals surface area contributed by atoms with Gasteiger partial charge in [0, 0.05) is 23.7 Å². The lowest BCUT2D eigenvalue weighted by Gasteiger charge is -2.25. The predicted molar refractivity (Wildman–Crippen MR) is 79.0 cm³/mol. The molecular weight excluding hydrogens is 236 g/mol. The third-order valence-corrected chi connectivity index (χ3v) is 3.23. The number of benzene rings is 1. The van der Waals surface area contributed by atoms with Crippen molar-refractivity contribution in [2.24, 2.45) is 5.92 Å². The van der Waals surface area contributed by atoms with Gasteiger partial charge >= 0.3 is 0 Å². The SMILES string of the molecule is CC(C)CNCC(C)(O)c1cccc2cccnc12. The molecule has 0 saturated heterocycles. The quantitative estimate of drug-likeness (QED) is 0.866. The molecule has 1 atom stereocenters. The van der Waals surface area contributed by atoms with E-state index in [0.717, 1.165) is 23.0 Å². The molecule has 2 N–H and O–H groups in total. The summed E-state index contributed by atoms with van der Waals surface area (Å²) in [5.74, 6) is 0.571. The lowest BCUT2D eigenvalue weighted by molar-refractivity contribution is 0.0577. The Morgan fingerprint density at radius 2 is 2.00 bits per heavy atom. The van der Waals surface area contributed by atoms with Gasteiger partial charge in [0.05, 0.1) is 5.52 Å². The number of aliphatic hydroxyl groups is 1. The van der Waals surface area contributed by atoms with E-state index in [2.05, 4.69) is 24.1 Å². The lowest BCUT2D eigenvalue weighted by atomic mass is 9.93. The molecule has 1 aromatic carbocycles. The Labute approximate surface area is 114 Å². The Kier molecular flexibility index (Phi) is 4.17. The highest BCUT2D eigenvalue weighted by molar-refractivity contribution is 5.82. The number of aromatic nitrogens is 1. The van der Waals surface area contributed by atoms with Gasteiger partial charge in [-0.2, -0.15) is 0 Å². The van der Waals surface area contributed by atoms with Crippen LogP contribution in [0.4, 0.5) is 0 Å². The smallest absolute Gasteiger partial charge is 0.101 e. The van der Waals surface area contributed by atoms with Gasteiger partial charge in [0.1, 0.15) is 5.60 Å². The van der Waals surface area contributed by atoms with E-state index < -0.39 is 5.60 Å². The average Bonchev–Trinajstić information content (AvgIpc) is 2.37. The molecule has 0 aliphatic carbocycles. The monoisotopic (exact) mass is 258 g/mol. The maximum Gasteiger partial charge on any atom is 0.101 e. The van der Waals surface area contributed by atoms with Crippen molar-refractivity contribution in [2.45, 2.75) is 26.4 Å². The first-order chi connectivity index (χ1) is 9.00. The Morgan fingerprint density at radius 3 is 2.74 bits per heavy atom. The summed E-state index contributed by atoms with van der Waals surface area (Å²) in [7, 11) is 0. The van der Waals surface area contributed by atoms with Crippen molar-refractivity contribution in [3.05, 3.63) is 42.1 Å². The Balaban J connectivity index is 2.27. The van der Waals surface area contributed by atoms with E-state index in [1.54, 1.807) is 6.20 Å². The zero-order valence-corrected chi connectivity index (χ0v) is 11.9. The van der Waals surface area contributed by atoms with Gasteiger partial charge in [0.15, 0.2) is 0 Å². The van der Waals surface area contributed by atoms with Crippen LogP contribution in [-0.2, 0) is 5.60 Å². The molecule has 0 aliphatic heterocycles. The van der Waals surface area contributed by atoms with E-state index in [0.29, 0.717) is 12.5 Å². The summed E-state index contributed by atoms with van der Waals surface area (Å²) in [6.07, 6.45) is 1.77. The first-order valence-electron chi connectivity index (χ1n) is 6.78. The van der Waals surface area contributed by atoms with Crippen molar-refractivity contribution < 1.29 is 5.11 Å². The van der Waals surface area contributed by atoms with Gasteiger partial charge < -0.3 is 10.4 Å². The molecule has 0 aliphatic rings. The molecule has 1 unspecified atom stereocenters. The van der Waals surface area contributed by atoms with Crippen LogP contribution in [0.1, 0.15) is 26.3 Å². The van der Waals surface area contributed by atoms with Gasteiger partial charge in [-0.1, -0.05) is 38.1 Å². The summed E-state index contributed by atoms with van der Waals surface area (Å²) >= 11 is 0.